The Labute approximate surface area is 117 Å². The van der Waals surface area contributed by atoms with E-state index in [1.807, 2.05) is 6.07 Å². The summed E-state index contributed by atoms with van der Waals surface area (Å²) in [4.78, 5) is 24.1. The van der Waals surface area contributed by atoms with E-state index in [9.17, 15) is 18.0 Å². The number of benzene rings is 1. The number of nitrogens with zero attached hydrogens (tertiary/aromatic N) is 1. The third-order valence-electron chi connectivity index (χ3n) is 3.08. The highest BCUT2D eigenvalue weighted by Crippen LogP contribution is 2.09. The topological polar surface area (TPSA) is 83.6 Å². The molecule has 0 radical (unpaired) electrons. The van der Waals surface area contributed by atoms with E-state index in [2.05, 4.69) is 5.32 Å². The lowest BCUT2D eigenvalue weighted by molar-refractivity contribution is -0.126. The van der Waals surface area contributed by atoms with Gasteiger partial charge in [-0.1, -0.05) is 30.3 Å². The Kier molecular flexibility index (Phi) is 4.08. The summed E-state index contributed by atoms with van der Waals surface area (Å²) in [6.45, 7) is 1.46. The molecule has 1 N–H and O–H groups in total. The molecule has 7 heteroatoms. The molecule has 3 amide bonds. The van der Waals surface area contributed by atoms with Gasteiger partial charge in [0, 0.05) is 6.54 Å². The van der Waals surface area contributed by atoms with Crippen LogP contribution in [0.25, 0.3) is 0 Å². The van der Waals surface area contributed by atoms with Crippen molar-refractivity contribution in [2.75, 3.05) is 12.3 Å². The minimum Gasteiger partial charge on any atom is -0.326 e. The van der Waals surface area contributed by atoms with E-state index in [0.29, 0.717) is 5.56 Å². The van der Waals surface area contributed by atoms with E-state index < -0.39 is 21.9 Å². The first-order valence-electron chi connectivity index (χ1n) is 6.25. The third-order valence-corrected chi connectivity index (χ3v) is 4.65. The number of hydrogen-bond donors (Lipinski definition) is 1. The molecule has 1 unspecified atom stereocenters. The Hall–Kier alpha value is -1.89. The monoisotopic (exact) mass is 296 g/mol. The molecule has 1 atom stereocenters. The van der Waals surface area contributed by atoms with Crippen LogP contribution in [0.1, 0.15) is 12.5 Å². The van der Waals surface area contributed by atoms with Crippen LogP contribution in [0.3, 0.4) is 0 Å². The van der Waals surface area contributed by atoms with Crippen molar-refractivity contribution in [2.24, 2.45) is 0 Å². The van der Waals surface area contributed by atoms with Gasteiger partial charge in [-0.3, -0.25) is 9.69 Å². The summed E-state index contributed by atoms with van der Waals surface area (Å²) < 4.78 is 24.0. The van der Waals surface area contributed by atoms with Crippen LogP contribution in [0.4, 0.5) is 4.79 Å². The van der Waals surface area contributed by atoms with Crippen LogP contribution in [0.2, 0.25) is 0 Å². The lowest BCUT2D eigenvalue weighted by Crippen LogP contribution is -2.35. The van der Waals surface area contributed by atoms with E-state index in [1.165, 1.54) is 0 Å². The standard InChI is InChI=1S/C13H16N2O4S/c1-10-12(16)15(13(17)14-10)7-8-20(18,19)9-11-5-3-2-4-6-11/h2-6,10H,7-9H2,1H3,(H,14,17). The van der Waals surface area contributed by atoms with Crippen LogP contribution in [0.15, 0.2) is 30.3 Å². The smallest absolute Gasteiger partial charge is 0.324 e. The number of imide groups is 1. The molecular weight excluding hydrogens is 280 g/mol. The Morgan fingerprint density at radius 2 is 1.85 bits per heavy atom. The molecule has 1 saturated heterocycles. The number of carbonyl (C=O) groups excluding carboxylic acids is 2. The SMILES string of the molecule is CC1NC(=O)N(CCS(=O)(=O)Cc2ccccc2)C1=O. The number of nitrogens with one attached hydrogen (secondary N) is 1. The van der Waals surface area contributed by atoms with Crippen LogP contribution in [0.5, 0.6) is 0 Å². The van der Waals surface area contributed by atoms with E-state index in [1.54, 1.807) is 31.2 Å². The van der Waals surface area contributed by atoms with Crippen LogP contribution in [-0.4, -0.2) is 43.6 Å². The van der Waals surface area contributed by atoms with Crippen molar-refractivity contribution < 1.29 is 18.0 Å². The van der Waals surface area contributed by atoms with Crippen LogP contribution >= 0.6 is 0 Å². The molecule has 6 nitrogen and oxygen atoms in total. The van der Waals surface area contributed by atoms with E-state index in [-0.39, 0.29) is 24.0 Å². The molecule has 1 aromatic rings. The fourth-order valence-electron chi connectivity index (χ4n) is 2.00. The fraction of sp³-hybridized carbons (Fsp3) is 0.385. The second-order valence-corrected chi connectivity index (χ2v) is 6.92. The zero-order valence-electron chi connectivity index (χ0n) is 11.1. The molecule has 1 aromatic carbocycles. The van der Waals surface area contributed by atoms with Gasteiger partial charge in [-0.2, -0.15) is 0 Å². The lowest BCUT2D eigenvalue weighted by atomic mass is 10.2. The Morgan fingerprint density at radius 3 is 2.40 bits per heavy atom. The van der Waals surface area contributed by atoms with E-state index in [0.717, 1.165) is 4.90 Å². The number of urea groups is 1. The molecule has 0 aliphatic carbocycles. The van der Waals surface area contributed by atoms with Gasteiger partial charge < -0.3 is 5.32 Å². The quantitative estimate of drug-likeness (QED) is 0.804. The number of sulfone groups is 1. The molecule has 1 aliphatic heterocycles. The highest BCUT2D eigenvalue weighted by atomic mass is 32.2. The fourth-order valence-corrected chi connectivity index (χ4v) is 3.31. The summed E-state index contributed by atoms with van der Waals surface area (Å²) in [7, 11) is -3.36. The van der Waals surface area contributed by atoms with E-state index in [4.69, 9.17) is 0 Å². The summed E-state index contributed by atoms with van der Waals surface area (Å²) in [6.07, 6.45) is 0. The number of amides is 3. The number of carbonyl (C=O) groups is 2. The van der Waals surface area contributed by atoms with Gasteiger partial charge >= 0.3 is 6.03 Å². The van der Waals surface area contributed by atoms with Crippen molar-refractivity contribution in [3.8, 4) is 0 Å². The van der Waals surface area contributed by atoms with Gasteiger partial charge in [0.2, 0.25) is 0 Å². The maximum Gasteiger partial charge on any atom is 0.324 e. The molecule has 0 saturated carbocycles. The second-order valence-electron chi connectivity index (χ2n) is 4.74. The summed E-state index contributed by atoms with van der Waals surface area (Å²) >= 11 is 0. The van der Waals surface area contributed by atoms with Gasteiger partial charge in [-0.05, 0) is 12.5 Å². The first-order valence-corrected chi connectivity index (χ1v) is 8.07. The lowest BCUT2D eigenvalue weighted by Gasteiger charge is -2.12. The molecule has 1 fully saturated rings. The maximum atomic E-state index is 12.0. The average molecular weight is 296 g/mol. The summed E-state index contributed by atoms with van der Waals surface area (Å²) in [5.74, 6) is -0.703. The van der Waals surface area contributed by atoms with Crippen LogP contribution in [-0.2, 0) is 20.4 Å². The molecule has 108 valence electrons. The minimum atomic E-state index is -3.36. The van der Waals surface area contributed by atoms with Crippen molar-refractivity contribution in [1.29, 1.82) is 0 Å². The molecule has 0 spiro atoms. The van der Waals surface area contributed by atoms with Gasteiger partial charge in [-0.15, -0.1) is 0 Å². The summed E-state index contributed by atoms with van der Waals surface area (Å²) in [5, 5.41) is 2.45. The van der Waals surface area contributed by atoms with Gasteiger partial charge in [-0.25, -0.2) is 13.2 Å². The van der Waals surface area contributed by atoms with Crippen molar-refractivity contribution in [3.63, 3.8) is 0 Å². The van der Waals surface area contributed by atoms with Crippen molar-refractivity contribution in [3.05, 3.63) is 35.9 Å². The molecule has 0 aromatic heterocycles. The Balaban J connectivity index is 1.96. The predicted octanol–water partition coefficient (Wildman–Crippen LogP) is 0.542. The molecule has 0 bridgehead atoms. The van der Waals surface area contributed by atoms with Crippen LogP contribution < -0.4 is 5.32 Å². The van der Waals surface area contributed by atoms with Crippen molar-refractivity contribution in [1.82, 2.24) is 10.2 Å². The van der Waals surface area contributed by atoms with Gasteiger partial charge in [0.15, 0.2) is 9.84 Å². The molecule has 20 heavy (non-hydrogen) atoms. The predicted molar refractivity (Wildman–Crippen MR) is 73.6 cm³/mol. The second kappa shape index (κ2) is 5.62. The molecule has 1 heterocycles. The normalized spacial score (nSPS) is 19.2. The first kappa shape index (κ1) is 14.5. The molecular formula is C13H16N2O4S. The highest BCUT2D eigenvalue weighted by molar-refractivity contribution is 7.90. The average Bonchev–Trinajstić information content (AvgIpc) is 2.62. The summed E-state index contributed by atoms with van der Waals surface area (Å²) in [6, 6.07) is 7.69. The highest BCUT2D eigenvalue weighted by Gasteiger charge is 2.35. The number of rotatable bonds is 5. The molecule has 1 aliphatic rings. The van der Waals surface area contributed by atoms with Crippen molar-refractivity contribution in [2.45, 2.75) is 18.7 Å². The Bertz CT molecular complexity index is 613. The summed E-state index contributed by atoms with van der Waals surface area (Å²) in [5.41, 5.74) is 0.693. The zero-order chi connectivity index (χ0) is 14.8. The van der Waals surface area contributed by atoms with Gasteiger partial charge in [0.1, 0.15) is 6.04 Å². The van der Waals surface area contributed by atoms with Gasteiger partial charge in [0.25, 0.3) is 5.91 Å². The minimum absolute atomic E-state index is 0.0902. The largest absolute Gasteiger partial charge is 0.326 e. The van der Waals surface area contributed by atoms with Crippen molar-refractivity contribution >= 4 is 21.8 Å². The van der Waals surface area contributed by atoms with Crippen LogP contribution in [0, 0.1) is 0 Å². The number of hydrogen-bond acceptors (Lipinski definition) is 4. The zero-order valence-corrected chi connectivity index (χ0v) is 11.9. The maximum absolute atomic E-state index is 12.0. The Morgan fingerprint density at radius 1 is 1.20 bits per heavy atom. The third kappa shape index (κ3) is 3.36. The van der Waals surface area contributed by atoms with Gasteiger partial charge in [0.05, 0.1) is 11.5 Å². The first-order chi connectivity index (χ1) is 9.39. The molecule has 2 rings (SSSR count). The van der Waals surface area contributed by atoms with E-state index >= 15 is 0 Å².